The SMILES string of the molecule is CC(CCNC(=O)/C=C/c1ccc(N)cc1)S(C)=O. The van der Waals surface area contributed by atoms with Crippen molar-refractivity contribution >= 4 is 28.5 Å². The van der Waals surface area contributed by atoms with Gasteiger partial charge in [-0.1, -0.05) is 19.1 Å². The van der Waals surface area contributed by atoms with Crippen LogP contribution in [-0.2, 0) is 15.6 Å². The molecule has 0 heterocycles. The minimum Gasteiger partial charge on any atom is -0.399 e. The molecule has 4 nitrogen and oxygen atoms in total. The minimum absolute atomic E-state index is 0.0985. The molecule has 0 radical (unpaired) electrons. The molecular weight excluding hydrogens is 260 g/mol. The predicted molar refractivity (Wildman–Crippen MR) is 81.0 cm³/mol. The van der Waals surface area contributed by atoms with Crippen LogP contribution in [0.4, 0.5) is 5.69 Å². The number of amides is 1. The number of carbonyl (C=O) groups is 1. The lowest BCUT2D eigenvalue weighted by atomic mass is 10.2. The predicted octanol–water partition coefficient (Wildman–Crippen LogP) is 1.56. The van der Waals surface area contributed by atoms with Gasteiger partial charge in [0.25, 0.3) is 0 Å². The van der Waals surface area contributed by atoms with E-state index in [1.165, 1.54) is 6.08 Å². The van der Waals surface area contributed by atoms with Crippen LogP contribution in [0, 0.1) is 0 Å². The van der Waals surface area contributed by atoms with Crippen molar-refractivity contribution in [2.75, 3.05) is 18.5 Å². The summed E-state index contributed by atoms with van der Waals surface area (Å²) < 4.78 is 11.1. The van der Waals surface area contributed by atoms with Crippen LogP contribution in [0.15, 0.2) is 30.3 Å². The van der Waals surface area contributed by atoms with Gasteiger partial charge in [-0.05, 0) is 30.2 Å². The zero-order valence-corrected chi connectivity index (χ0v) is 12.1. The fourth-order valence-electron chi connectivity index (χ4n) is 1.40. The number of nitrogens with two attached hydrogens (primary N) is 1. The zero-order chi connectivity index (χ0) is 14.3. The van der Waals surface area contributed by atoms with E-state index in [1.807, 2.05) is 19.1 Å². The van der Waals surface area contributed by atoms with Crippen molar-refractivity contribution in [2.45, 2.75) is 18.6 Å². The van der Waals surface area contributed by atoms with Crippen molar-refractivity contribution in [2.24, 2.45) is 0 Å². The molecule has 0 aliphatic heterocycles. The second-order valence-corrected chi connectivity index (χ2v) is 6.19. The molecule has 19 heavy (non-hydrogen) atoms. The number of benzene rings is 1. The van der Waals surface area contributed by atoms with Crippen LogP contribution in [0.3, 0.4) is 0 Å². The van der Waals surface area contributed by atoms with Crippen LogP contribution >= 0.6 is 0 Å². The summed E-state index contributed by atoms with van der Waals surface area (Å²) in [5.74, 6) is -0.147. The summed E-state index contributed by atoms with van der Waals surface area (Å²) in [4.78, 5) is 11.5. The highest BCUT2D eigenvalue weighted by Crippen LogP contribution is 2.06. The van der Waals surface area contributed by atoms with Crippen molar-refractivity contribution in [3.63, 3.8) is 0 Å². The lowest BCUT2D eigenvalue weighted by Crippen LogP contribution is -2.25. The van der Waals surface area contributed by atoms with Gasteiger partial charge in [0.2, 0.25) is 5.91 Å². The summed E-state index contributed by atoms with van der Waals surface area (Å²) in [6.07, 6.45) is 5.60. The molecule has 0 aliphatic carbocycles. The van der Waals surface area contributed by atoms with Gasteiger partial charge in [-0.15, -0.1) is 0 Å². The smallest absolute Gasteiger partial charge is 0.243 e. The van der Waals surface area contributed by atoms with Crippen molar-refractivity contribution in [3.05, 3.63) is 35.9 Å². The largest absolute Gasteiger partial charge is 0.399 e. The molecule has 1 aromatic rings. The highest BCUT2D eigenvalue weighted by Gasteiger charge is 2.05. The molecule has 104 valence electrons. The Kier molecular flexibility index (Phi) is 6.29. The number of anilines is 1. The number of carbonyl (C=O) groups excluding carboxylic acids is 1. The first kappa shape index (κ1) is 15.4. The van der Waals surface area contributed by atoms with Crippen LogP contribution in [0.1, 0.15) is 18.9 Å². The van der Waals surface area contributed by atoms with Gasteiger partial charge in [-0.25, -0.2) is 0 Å². The Morgan fingerprint density at radius 1 is 1.42 bits per heavy atom. The maximum Gasteiger partial charge on any atom is 0.243 e. The lowest BCUT2D eigenvalue weighted by Gasteiger charge is -2.07. The van der Waals surface area contributed by atoms with Gasteiger partial charge in [-0.3, -0.25) is 9.00 Å². The van der Waals surface area contributed by atoms with E-state index in [0.717, 1.165) is 5.56 Å². The Morgan fingerprint density at radius 3 is 2.63 bits per heavy atom. The Morgan fingerprint density at radius 2 is 2.05 bits per heavy atom. The Labute approximate surface area is 116 Å². The summed E-state index contributed by atoms with van der Waals surface area (Å²) in [7, 11) is -0.842. The average Bonchev–Trinajstić information content (AvgIpc) is 2.37. The number of hydrogen-bond donors (Lipinski definition) is 2. The maximum atomic E-state index is 11.5. The van der Waals surface area contributed by atoms with Crippen LogP contribution in [0.25, 0.3) is 6.08 Å². The van der Waals surface area contributed by atoms with E-state index in [9.17, 15) is 9.00 Å². The van der Waals surface area contributed by atoms with Crippen LogP contribution in [-0.4, -0.2) is 28.2 Å². The summed E-state index contributed by atoms with van der Waals surface area (Å²) >= 11 is 0. The quantitative estimate of drug-likeness (QED) is 0.613. The van der Waals surface area contributed by atoms with E-state index in [4.69, 9.17) is 5.73 Å². The molecule has 0 saturated heterocycles. The van der Waals surface area contributed by atoms with Gasteiger partial charge >= 0.3 is 0 Å². The molecule has 0 aromatic heterocycles. The molecular formula is C14H20N2O2S. The van der Waals surface area contributed by atoms with Gasteiger partial charge in [0, 0.05) is 40.6 Å². The molecule has 0 aliphatic rings. The number of nitrogen functional groups attached to an aromatic ring is 1. The van der Waals surface area contributed by atoms with Gasteiger partial charge in [0.1, 0.15) is 0 Å². The van der Waals surface area contributed by atoms with Crippen LogP contribution in [0.5, 0.6) is 0 Å². The topological polar surface area (TPSA) is 72.2 Å². The first-order chi connectivity index (χ1) is 8.99. The normalized spacial score (nSPS) is 14.2. The Bertz CT molecular complexity index is 469. The molecule has 1 amide bonds. The van der Waals surface area contributed by atoms with E-state index in [0.29, 0.717) is 18.7 Å². The van der Waals surface area contributed by atoms with Gasteiger partial charge in [0.15, 0.2) is 0 Å². The monoisotopic (exact) mass is 280 g/mol. The van der Waals surface area contributed by atoms with E-state index in [-0.39, 0.29) is 11.2 Å². The van der Waals surface area contributed by atoms with Crippen molar-refractivity contribution in [1.82, 2.24) is 5.32 Å². The molecule has 1 rings (SSSR count). The summed E-state index contributed by atoms with van der Waals surface area (Å²) in [6.45, 7) is 2.44. The molecule has 2 unspecified atom stereocenters. The van der Waals surface area contributed by atoms with Gasteiger partial charge < -0.3 is 11.1 Å². The highest BCUT2D eigenvalue weighted by atomic mass is 32.2. The molecule has 3 N–H and O–H groups in total. The van der Waals surface area contributed by atoms with Crippen molar-refractivity contribution < 1.29 is 9.00 Å². The first-order valence-electron chi connectivity index (χ1n) is 6.12. The fourth-order valence-corrected chi connectivity index (χ4v) is 1.85. The van der Waals surface area contributed by atoms with E-state index in [2.05, 4.69) is 5.32 Å². The molecule has 5 heteroatoms. The second-order valence-electron chi connectivity index (χ2n) is 4.39. The van der Waals surface area contributed by atoms with E-state index < -0.39 is 10.8 Å². The molecule has 0 fully saturated rings. The lowest BCUT2D eigenvalue weighted by molar-refractivity contribution is -0.116. The Hall–Kier alpha value is -1.62. The summed E-state index contributed by atoms with van der Waals surface area (Å²) in [6, 6.07) is 7.27. The van der Waals surface area contributed by atoms with E-state index in [1.54, 1.807) is 24.5 Å². The third kappa shape index (κ3) is 6.20. The minimum atomic E-state index is -0.842. The van der Waals surface area contributed by atoms with E-state index >= 15 is 0 Å². The van der Waals surface area contributed by atoms with Crippen molar-refractivity contribution in [3.8, 4) is 0 Å². The average molecular weight is 280 g/mol. The second kappa shape index (κ2) is 7.74. The summed E-state index contributed by atoms with van der Waals surface area (Å²) in [5.41, 5.74) is 7.19. The highest BCUT2D eigenvalue weighted by molar-refractivity contribution is 7.84. The standard InChI is InChI=1S/C14H20N2O2S/c1-11(19(2)18)9-10-16-14(17)8-5-12-3-6-13(15)7-4-12/h3-8,11H,9-10,15H2,1-2H3,(H,16,17)/b8-5+. The Balaban J connectivity index is 2.35. The first-order valence-corrected chi connectivity index (χ1v) is 7.75. The molecule has 1 aromatic carbocycles. The van der Waals surface area contributed by atoms with Gasteiger partial charge in [0.05, 0.1) is 0 Å². The third-order valence-corrected chi connectivity index (χ3v) is 4.15. The van der Waals surface area contributed by atoms with Crippen LogP contribution in [0.2, 0.25) is 0 Å². The number of rotatable bonds is 6. The maximum absolute atomic E-state index is 11.5. The molecule has 0 spiro atoms. The fraction of sp³-hybridized carbons (Fsp3) is 0.357. The number of nitrogens with one attached hydrogen (secondary N) is 1. The van der Waals surface area contributed by atoms with Crippen molar-refractivity contribution in [1.29, 1.82) is 0 Å². The number of hydrogen-bond acceptors (Lipinski definition) is 3. The molecule has 0 saturated carbocycles. The molecule has 2 atom stereocenters. The molecule has 0 bridgehead atoms. The zero-order valence-electron chi connectivity index (χ0n) is 11.3. The summed E-state index contributed by atoms with van der Waals surface area (Å²) in [5, 5.41) is 2.86. The van der Waals surface area contributed by atoms with Gasteiger partial charge in [-0.2, -0.15) is 0 Å². The van der Waals surface area contributed by atoms with Crippen LogP contribution < -0.4 is 11.1 Å². The third-order valence-electron chi connectivity index (χ3n) is 2.78.